The van der Waals surface area contributed by atoms with Crippen LogP contribution in [0.3, 0.4) is 0 Å². The Morgan fingerprint density at radius 2 is 2.00 bits per heavy atom. The maximum Gasteiger partial charge on any atom is 0.0446 e. The molecular formula is C14H30N2O. The van der Waals surface area contributed by atoms with Crippen LogP contribution < -0.4 is 5.32 Å². The molecule has 0 spiro atoms. The summed E-state index contributed by atoms with van der Waals surface area (Å²) in [6.45, 7) is 9.45. The van der Waals surface area contributed by atoms with Crippen LogP contribution in [-0.2, 0) is 0 Å². The molecule has 102 valence electrons. The maximum absolute atomic E-state index is 9.09. The molecule has 3 nitrogen and oxygen atoms in total. The Kier molecular flexibility index (Phi) is 7.82. The quantitative estimate of drug-likeness (QED) is 0.682. The first kappa shape index (κ1) is 14.9. The summed E-state index contributed by atoms with van der Waals surface area (Å²) in [6, 6.07) is 0.470. The summed E-state index contributed by atoms with van der Waals surface area (Å²) >= 11 is 0. The van der Waals surface area contributed by atoms with Crippen LogP contribution >= 0.6 is 0 Å². The highest BCUT2D eigenvalue weighted by molar-refractivity contribution is 4.77. The van der Waals surface area contributed by atoms with Crippen LogP contribution in [0.4, 0.5) is 0 Å². The number of nitrogens with zero attached hydrogens (tertiary/aromatic N) is 1. The molecule has 0 bridgehead atoms. The number of hydrogen-bond acceptors (Lipinski definition) is 3. The van der Waals surface area contributed by atoms with Gasteiger partial charge in [0.15, 0.2) is 0 Å². The molecule has 0 saturated carbocycles. The summed E-state index contributed by atoms with van der Waals surface area (Å²) in [5, 5.41) is 12.6. The van der Waals surface area contributed by atoms with Gasteiger partial charge < -0.3 is 15.3 Å². The molecule has 1 saturated heterocycles. The zero-order valence-electron chi connectivity index (χ0n) is 11.6. The van der Waals surface area contributed by atoms with Crippen molar-refractivity contribution in [2.24, 2.45) is 5.92 Å². The Hall–Kier alpha value is -0.120. The van der Waals surface area contributed by atoms with Gasteiger partial charge in [-0.2, -0.15) is 0 Å². The summed E-state index contributed by atoms with van der Waals surface area (Å²) in [6.07, 6.45) is 6.10. The fourth-order valence-corrected chi connectivity index (χ4v) is 2.65. The number of rotatable bonds is 8. The van der Waals surface area contributed by atoms with Gasteiger partial charge in [0.25, 0.3) is 0 Å². The third-order valence-corrected chi connectivity index (χ3v) is 3.92. The fourth-order valence-electron chi connectivity index (χ4n) is 2.65. The Morgan fingerprint density at radius 3 is 2.53 bits per heavy atom. The van der Waals surface area contributed by atoms with Gasteiger partial charge in [0.2, 0.25) is 0 Å². The average molecular weight is 242 g/mol. The molecule has 1 rings (SSSR count). The number of aliphatic hydroxyl groups is 1. The predicted octanol–water partition coefficient (Wildman–Crippen LogP) is 1.86. The molecule has 3 heteroatoms. The van der Waals surface area contributed by atoms with Crippen molar-refractivity contribution >= 4 is 0 Å². The molecule has 1 fully saturated rings. The van der Waals surface area contributed by atoms with Crippen molar-refractivity contribution in [3.63, 3.8) is 0 Å². The highest BCUT2D eigenvalue weighted by atomic mass is 16.3. The number of aliphatic hydroxyl groups excluding tert-OH is 1. The molecule has 17 heavy (non-hydrogen) atoms. The highest BCUT2D eigenvalue weighted by Crippen LogP contribution is 2.20. The zero-order valence-corrected chi connectivity index (χ0v) is 11.6. The Labute approximate surface area is 107 Å². The highest BCUT2D eigenvalue weighted by Gasteiger charge is 2.20. The molecular weight excluding hydrogens is 212 g/mol. The van der Waals surface area contributed by atoms with E-state index in [1.807, 2.05) is 0 Å². The molecule has 1 atom stereocenters. The minimum atomic E-state index is 0.298. The van der Waals surface area contributed by atoms with Crippen LogP contribution in [0.1, 0.15) is 46.0 Å². The third-order valence-electron chi connectivity index (χ3n) is 3.92. The molecule has 0 aromatic carbocycles. The zero-order chi connectivity index (χ0) is 12.5. The summed E-state index contributed by atoms with van der Waals surface area (Å²) in [7, 11) is 0. The van der Waals surface area contributed by atoms with E-state index in [0.717, 1.165) is 25.4 Å². The van der Waals surface area contributed by atoms with Gasteiger partial charge in [-0.3, -0.25) is 0 Å². The molecule has 1 heterocycles. The van der Waals surface area contributed by atoms with E-state index < -0.39 is 0 Å². The molecule has 0 radical (unpaired) electrons. The number of hydrogen-bond donors (Lipinski definition) is 2. The lowest BCUT2D eigenvalue weighted by Gasteiger charge is -2.34. The first-order valence-electron chi connectivity index (χ1n) is 7.36. The van der Waals surface area contributed by atoms with Gasteiger partial charge in [0, 0.05) is 19.2 Å². The lowest BCUT2D eigenvalue weighted by Crippen LogP contribution is -2.44. The van der Waals surface area contributed by atoms with Crippen molar-refractivity contribution in [2.45, 2.75) is 52.0 Å². The van der Waals surface area contributed by atoms with E-state index in [9.17, 15) is 0 Å². The van der Waals surface area contributed by atoms with Gasteiger partial charge in [0.1, 0.15) is 0 Å². The van der Waals surface area contributed by atoms with Gasteiger partial charge in [-0.1, -0.05) is 20.3 Å². The van der Waals surface area contributed by atoms with Gasteiger partial charge in [-0.05, 0) is 51.2 Å². The normalized spacial score (nSPS) is 20.6. The SMILES string of the molecule is CCCNC(CCO)CN1CCC(CC)CC1. The van der Waals surface area contributed by atoms with Gasteiger partial charge in [-0.15, -0.1) is 0 Å². The van der Waals surface area contributed by atoms with Gasteiger partial charge >= 0.3 is 0 Å². The van der Waals surface area contributed by atoms with Crippen LogP contribution in [-0.4, -0.2) is 48.8 Å². The lowest BCUT2D eigenvalue weighted by atomic mass is 9.94. The summed E-state index contributed by atoms with van der Waals surface area (Å²) < 4.78 is 0. The molecule has 1 aliphatic rings. The Bertz CT molecular complexity index is 179. The molecule has 0 aliphatic carbocycles. The topological polar surface area (TPSA) is 35.5 Å². The lowest BCUT2D eigenvalue weighted by molar-refractivity contribution is 0.155. The molecule has 1 unspecified atom stereocenters. The van der Waals surface area contributed by atoms with E-state index in [1.54, 1.807) is 0 Å². The Morgan fingerprint density at radius 1 is 1.29 bits per heavy atom. The fraction of sp³-hybridized carbons (Fsp3) is 1.00. The first-order chi connectivity index (χ1) is 8.30. The average Bonchev–Trinajstić information content (AvgIpc) is 2.37. The van der Waals surface area contributed by atoms with E-state index in [2.05, 4.69) is 24.1 Å². The van der Waals surface area contributed by atoms with Crippen molar-refractivity contribution in [2.75, 3.05) is 32.8 Å². The summed E-state index contributed by atoms with van der Waals surface area (Å²) in [5.41, 5.74) is 0. The van der Waals surface area contributed by atoms with Gasteiger partial charge in [-0.25, -0.2) is 0 Å². The third kappa shape index (κ3) is 5.84. The van der Waals surface area contributed by atoms with Crippen molar-refractivity contribution in [3.8, 4) is 0 Å². The molecule has 0 aromatic rings. The first-order valence-corrected chi connectivity index (χ1v) is 7.36. The molecule has 2 N–H and O–H groups in total. The molecule has 1 aliphatic heterocycles. The minimum Gasteiger partial charge on any atom is -0.396 e. The van der Waals surface area contributed by atoms with Crippen LogP contribution in [0.2, 0.25) is 0 Å². The second-order valence-electron chi connectivity index (χ2n) is 5.32. The molecule has 0 amide bonds. The number of nitrogens with one attached hydrogen (secondary N) is 1. The van der Waals surface area contributed by atoms with E-state index in [1.165, 1.54) is 38.8 Å². The Balaban J connectivity index is 2.24. The van der Waals surface area contributed by atoms with Crippen LogP contribution in [0.5, 0.6) is 0 Å². The van der Waals surface area contributed by atoms with E-state index in [-0.39, 0.29) is 0 Å². The maximum atomic E-state index is 9.09. The van der Waals surface area contributed by atoms with Crippen molar-refractivity contribution in [1.29, 1.82) is 0 Å². The second-order valence-corrected chi connectivity index (χ2v) is 5.32. The molecule has 0 aromatic heterocycles. The van der Waals surface area contributed by atoms with Crippen LogP contribution in [0, 0.1) is 5.92 Å². The van der Waals surface area contributed by atoms with E-state index in [4.69, 9.17) is 5.11 Å². The monoisotopic (exact) mass is 242 g/mol. The van der Waals surface area contributed by atoms with Crippen LogP contribution in [0.25, 0.3) is 0 Å². The van der Waals surface area contributed by atoms with Crippen molar-refractivity contribution in [3.05, 3.63) is 0 Å². The summed E-state index contributed by atoms with van der Waals surface area (Å²) in [5.74, 6) is 0.950. The largest absolute Gasteiger partial charge is 0.396 e. The standard InChI is InChI=1S/C14H30N2O/c1-3-8-15-14(7-11-17)12-16-9-5-13(4-2)6-10-16/h13-15,17H,3-12H2,1-2H3. The van der Waals surface area contributed by atoms with E-state index in [0.29, 0.717) is 12.6 Å². The van der Waals surface area contributed by atoms with Crippen molar-refractivity contribution in [1.82, 2.24) is 10.2 Å². The van der Waals surface area contributed by atoms with Crippen molar-refractivity contribution < 1.29 is 5.11 Å². The smallest absolute Gasteiger partial charge is 0.0446 e. The van der Waals surface area contributed by atoms with E-state index >= 15 is 0 Å². The second kappa shape index (κ2) is 8.90. The number of piperidine rings is 1. The predicted molar refractivity (Wildman–Crippen MR) is 73.2 cm³/mol. The summed E-state index contributed by atoms with van der Waals surface area (Å²) in [4.78, 5) is 2.56. The van der Waals surface area contributed by atoms with Crippen LogP contribution in [0.15, 0.2) is 0 Å². The van der Waals surface area contributed by atoms with Gasteiger partial charge in [0.05, 0.1) is 0 Å². The minimum absolute atomic E-state index is 0.298. The number of likely N-dealkylation sites (tertiary alicyclic amines) is 1.